The van der Waals surface area contributed by atoms with E-state index in [2.05, 4.69) is 21.2 Å². The molecule has 0 amide bonds. The maximum atomic E-state index is 12.2. The number of nitrogens with one attached hydrogen (secondary N) is 1. The van der Waals surface area contributed by atoms with Crippen molar-refractivity contribution >= 4 is 21.7 Å². The van der Waals surface area contributed by atoms with Crippen LogP contribution < -0.4 is 14.8 Å². The second-order valence-corrected chi connectivity index (χ2v) is 5.45. The Morgan fingerprint density at radius 1 is 1.37 bits per heavy atom. The van der Waals surface area contributed by atoms with Gasteiger partial charge < -0.3 is 14.8 Å². The van der Waals surface area contributed by atoms with Crippen LogP contribution in [-0.4, -0.2) is 33.1 Å². The number of methoxy groups -OCH3 is 2. The molecular formula is C14H18BrNO3. The summed E-state index contributed by atoms with van der Waals surface area (Å²) in [7, 11) is 3.13. The van der Waals surface area contributed by atoms with Crippen LogP contribution in [0, 0.1) is 5.92 Å². The van der Waals surface area contributed by atoms with Crippen molar-refractivity contribution in [2.45, 2.75) is 12.8 Å². The van der Waals surface area contributed by atoms with Crippen molar-refractivity contribution in [2.75, 3.05) is 27.3 Å². The summed E-state index contributed by atoms with van der Waals surface area (Å²) in [6, 6.07) is 3.50. The van der Waals surface area contributed by atoms with Gasteiger partial charge >= 0.3 is 0 Å². The monoisotopic (exact) mass is 327 g/mol. The Bertz CT molecular complexity index is 472. The molecule has 1 saturated carbocycles. The average Bonchev–Trinajstić information content (AvgIpc) is 3.22. The second-order valence-electron chi connectivity index (χ2n) is 4.66. The summed E-state index contributed by atoms with van der Waals surface area (Å²) in [6.07, 6.45) is 2.55. The van der Waals surface area contributed by atoms with Crippen LogP contribution in [0.3, 0.4) is 0 Å². The molecule has 0 saturated heterocycles. The lowest BCUT2D eigenvalue weighted by molar-refractivity contribution is 0.0988. The predicted molar refractivity (Wildman–Crippen MR) is 77.2 cm³/mol. The van der Waals surface area contributed by atoms with Crippen molar-refractivity contribution in [3.05, 3.63) is 22.2 Å². The van der Waals surface area contributed by atoms with Crippen LogP contribution in [0.5, 0.6) is 11.5 Å². The molecule has 0 aromatic heterocycles. The van der Waals surface area contributed by atoms with Crippen molar-refractivity contribution in [3.63, 3.8) is 0 Å². The minimum Gasteiger partial charge on any atom is -0.495 e. The van der Waals surface area contributed by atoms with Crippen LogP contribution in [0.25, 0.3) is 0 Å². The fourth-order valence-electron chi connectivity index (χ4n) is 1.92. The van der Waals surface area contributed by atoms with Crippen molar-refractivity contribution < 1.29 is 14.3 Å². The summed E-state index contributed by atoms with van der Waals surface area (Å²) in [6.45, 7) is 1.26. The molecular weight excluding hydrogens is 310 g/mol. The Hall–Kier alpha value is -1.07. The third-order valence-corrected chi connectivity index (χ3v) is 3.95. The van der Waals surface area contributed by atoms with Crippen molar-refractivity contribution in [1.29, 1.82) is 0 Å². The van der Waals surface area contributed by atoms with E-state index in [9.17, 15) is 4.79 Å². The first-order valence-corrected chi connectivity index (χ1v) is 7.11. The second kappa shape index (κ2) is 6.39. The van der Waals surface area contributed by atoms with E-state index in [0.717, 1.165) is 12.5 Å². The molecule has 0 unspecified atom stereocenters. The van der Waals surface area contributed by atoms with Gasteiger partial charge in [0.15, 0.2) is 5.78 Å². The summed E-state index contributed by atoms with van der Waals surface area (Å²) < 4.78 is 11.2. The van der Waals surface area contributed by atoms with Gasteiger partial charge in [-0.1, -0.05) is 0 Å². The number of Topliss-reactive ketones (excluding diaryl/α,β-unsaturated/α-hetero) is 1. The molecule has 5 heteroatoms. The van der Waals surface area contributed by atoms with Crippen LogP contribution >= 0.6 is 15.9 Å². The zero-order chi connectivity index (χ0) is 13.8. The maximum absolute atomic E-state index is 12.2. The number of hydrogen-bond donors (Lipinski definition) is 1. The molecule has 0 spiro atoms. The number of ether oxygens (including phenoxy) is 2. The predicted octanol–water partition coefficient (Wildman–Crippen LogP) is 2.65. The van der Waals surface area contributed by atoms with Gasteiger partial charge in [0.2, 0.25) is 0 Å². The summed E-state index contributed by atoms with van der Waals surface area (Å²) in [4.78, 5) is 12.2. The third-order valence-electron chi connectivity index (χ3n) is 3.20. The molecule has 0 atom stereocenters. The van der Waals surface area contributed by atoms with Gasteiger partial charge in [-0.2, -0.15) is 0 Å². The molecule has 4 nitrogen and oxygen atoms in total. The lowest BCUT2D eigenvalue weighted by Crippen LogP contribution is -2.25. The number of benzene rings is 1. The zero-order valence-electron chi connectivity index (χ0n) is 11.2. The number of ketones is 1. The van der Waals surface area contributed by atoms with E-state index in [-0.39, 0.29) is 5.78 Å². The van der Waals surface area contributed by atoms with Gasteiger partial charge in [0.05, 0.1) is 26.3 Å². The van der Waals surface area contributed by atoms with E-state index in [0.29, 0.717) is 28.1 Å². The highest BCUT2D eigenvalue weighted by atomic mass is 79.9. The minimum absolute atomic E-state index is 0.0286. The highest BCUT2D eigenvalue weighted by Crippen LogP contribution is 2.37. The fraction of sp³-hybridized carbons (Fsp3) is 0.500. The summed E-state index contributed by atoms with van der Waals surface area (Å²) in [5, 5.41) is 3.19. The Kier molecular flexibility index (Phi) is 4.82. The smallest absolute Gasteiger partial charge is 0.180 e. The number of carbonyl (C=O) groups excluding carboxylic acids is 1. The standard InChI is InChI=1S/C14H18BrNO3/c1-18-12-6-5-10(14(19-2)13(12)15)11(17)8-16-7-9-3-4-9/h5-6,9,16H,3-4,7-8H2,1-2H3. The maximum Gasteiger partial charge on any atom is 0.180 e. The molecule has 1 aromatic rings. The summed E-state index contributed by atoms with van der Waals surface area (Å²) in [5.41, 5.74) is 0.568. The van der Waals surface area contributed by atoms with E-state index in [1.54, 1.807) is 26.4 Å². The first-order chi connectivity index (χ1) is 9.17. The Morgan fingerprint density at radius 3 is 2.68 bits per heavy atom. The molecule has 2 rings (SSSR count). The van der Waals surface area contributed by atoms with Crippen molar-refractivity contribution in [3.8, 4) is 11.5 Å². The molecule has 0 bridgehead atoms. The normalized spacial score (nSPS) is 14.3. The largest absolute Gasteiger partial charge is 0.495 e. The van der Waals surface area contributed by atoms with Crippen LogP contribution in [0.4, 0.5) is 0 Å². The molecule has 19 heavy (non-hydrogen) atoms. The Balaban J connectivity index is 2.08. The molecule has 1 fully saturated rings. The summed E-state index contributed by atoms with van der Waals surface area (Å²) in [5.74, 6) is 1.97. The molecule has 0 heterocycles. The zero-order valence-corrected chi connectivity index (χ0v) is 12.7. The first kappa shape index (κ1) is 14.3. The van der Waals surface area contributed by atoms with Crippen LogP contribution in [0.2, 0.25) is 0 Å². The lowest BCUT2D eigenvalue weighted by Gasteiger charge is -2.13. The van der Waals surface area contributed by atoms with E-state index >= 15 is 0 Å². The quantitative estimate of drug-likeness (QED) is 0.782. The minimum atomic E-state index is 0.0286. The van der Waals surface area contributed by atoms with Crippen LogP contribution in [0.1, 0.15) is 23.2 Å². The number of halogens is 1. The Labute approximate surface area is 121 Å². The summed E-state index contributed by atoms with van der Waals surface area (Å²) >= 11 is 3.40. The van der Waals surface area contributed by atoms with E-state index < -0.39 is 0 Å². The van der Waals surface area contributed by atoms with Gasteiger partial charge in [-0.25, -0.2) is 0 Å². The number of rotatable bonds is 7. The fourth-order valence-corrected chi connectivity index (χ4v) is 2.59. The Morgan fingerprint density at radius 2 is 2.11 bits per heavy atom. The molecule has 1 N–H and O–H groups in total. The number of carbonyl (C=O) groups is 1. The molecule has 104 valence electrons. The highest BCUT2D eigenvalue weighted by Gasteiger charge is 2.22. The average molecular weight is 328 g/mol. The third kappa shape index (κ3) is 3.48. The van der Waals surface area contributed by atoms with E-state index in [4.69, 9.17) is 9.47 Å². The molecule has 1 aromatic carbocycles. The van der Waals surface area contributed by atoms with Gasteiger partial charge in [-0.05, 0) is 53.4 Å². The molecule has 0 radical (unpaired) electrons. The van der Waals surface area contributed by atoms with Gasteiger partial charge in [0, 0.05) is 0 Å². The van der Waals surface area contributed by atoms with Crippen molar-refractivity contribution in [2.24, 2.45) is 5.92 Å². The lowest BCUT2D eigenvalue weighted by atomic mass is 10.1. The topological polar surface area (TPSA) is 47.6 Å². The van der Waals surface area contributed by atoms with Crippen molar-refractivity contribution in [1.82, 2.24) is 5.32 Å². The molecule has 1 aliphatic rings. The van der Waals surface area contributed by atoms with Gasteiger partial charge in [0.25, 0.3) is 0 Å². The number of hydrogen-bond acceptors (Lipinski definition) is 4. The van der Waals surface area contributed by atoms with Crippen LogP contribution in [0.15, 0.2) is 16.6 Å². The van der Waals surface area contributed by atoms with Gasteiger partial charge in [0.1, 0.15) is 16.0 Å². The van der Waals surface area contributed by atoms with Crippen LogP contribution in [-0.2, 0) is 0 Å². The van der Waals surface area contributed by atoms with E-state index in [1.807, 2.05) is 0 Å². The molecule has 1 aliphatic carbocycles. The molecule has 0 aliphatic heterocycles. The van der Waals surface area contributed by atoms with E-state index in [1.165, 1.54) is 12.8 Å². The highest BCUT2D eigenvalue weighted by molar-refractivity contribution is 9.10. The SMILES string of the molecule is COc1ccc(C(=O)CNCC2CC2)c(OC)c1Br. The first-order valence-electron chi connectivity index (χ1n) is 6.31. The van der Waals surface area contributed by atoms with Gasteiger partial charge in [-0.3, -0.25) is 4.79 Å². The van der Waals surface area contributed by atoms with Gasteiger partial charge in [-0.15, -0.1) is 0 Å².